The number of hydrogen-bond donors (Lipinski definition) is 1. The van der Waals surface area contributed by atoms with Gasteiger partial charge in [0.15, 0.2) is 0 Å². The molecule has 88 valence electrons. The minimum atomic E-state index is -0.789. The third-order valence-electron chi connectivity index (χ3n) is 2.03. The molecule has 0 radical (unpaired) electrons. The van der Waals surface area contributed by atoms with Crippen LogP contribution in [-0.4, -0.2) is 5.91 Å². The molecule has 2 aromatic rings. The molecular weight excluding hydrogens is 359 g/mol. The van der Waals surface area contributed by atoms with E-state index in [4.69, 9.17) is 0 Å². The van der Waals surface area contributed by atoms with Gasteiger partial charge in [0.25, 0.3) is 5.91 Å². The van der Waals surface area contributed by atoms with Crippen LogP contribution >= 0.6 is 33.9 Å². The highest BCUT2D eigenvalue weighted by Gasteiger charge is 2.14. The number of para-hydroxylation sites is 1. The van der Waals surface area contributed by atoms with Gasteiger partial charge in [-0.15, -0.1) is 11.3 Å². The predicted molar refractivity (Wildman–Crippen MR) is 71.3 cm³/mol. The summed E-state index contributed by atoms with van der Waals surface area (Å²) in [5, 5.41) is 3.86. The second-order valence-corrected chi connectivity index (χ2v) is 6.00. The van der Waals surface area contributed by atoms with Gasteiger partial charge in [0, 0.05) is 5.38 Å². The lowest BCUT2D eigenvalue weighted by molar-refractivity contribution is 0.102. The van der Waals surface area contributed by atoms with E-state index in [2.05, 4.69) is 27.9 Å². The van der Waals surface area contributed by atoms with Crippen molar-refractivity contribution in [1.29, 1.82) is 0 Å². The number of carbonyl (C=O) groups excluding carboxylic acids is 1. The van der Waals surface area contributed by atoms with Gasteiger partial charge in [-0.1, -0.05) is 6.07 Å². The van der Waals surface area contributed by atoms with Crippen molar-refractivity contribution in [2.24, 2.45) is 0 Å². The van der Waals surface area contributed by atoms with E-state index in [1.54, 1.807) is 11.4 Å². The number of hydrogen-bond acceptors (Lipinski definition) is 2. The van der Waals surface area contributed by atoms with Gasteiger partial charge in [-0.25, -0.2) is 8.78 Å². The molecule has 1 aromatic heterocycles. The lowest BCUT2D eigenvalue weighted by Crippen LogP contribution is -2.13. The fourth-order valence-corrected chi connectivity index (χ4v) is 2.56. The molecule has 1 amide bonds. The van der Waals surface area contributed by atoms with E-state index in [1.165, 1.54) is 17.4 Å². The number of thiophene rings is 1. The van der Waals surface area contributed by atoms with Crippen LogP contribution in [0.5, 0.6) is 0 Å². The number of halogens is 3. The first kappa shape index (κ1) is 12.4. The Morgan fingerprint density at radius 1 is 1.29 bits per heavy atom. The summed E-state index contributed by atoms with van der Waals surface area (Å²) in [5.41, 5.74) is -0.0271. The van der Waals surface area contributed by atoms with Gasteiger partial charge in [-0.2, -0.15) is 0 Å². The molecule has 0 unspecified atom stereocenters. The quantitative estimate of drug-likeness (QED) is 0.805. The van der Waals surface area contributed by atoms with Crippen LogP contribution in [0.2, 0.25) is 0 Å². The molecule has 1 N–H and O–H groups in total. The number of benzene rings is 1. The van der Waals surface area contributed by atoms with Crippen LogP contribution in [0, 0.1) is 14.5 Å². The molecule has 0 fully saturated rings. The highest BCUT2D eigenvalue weighted by molar-refractivity contribution is 14.1. The van der Waals surface area contributed by atoms with Crippen molar-refractivity contribution in [1.82, 2.24) is 0 Å². The van der Waals surface area contributed by atoms with Crippen molar-refractivity contribution in [3.8, 4) is 0 Å². The van der Waals surface area contributed by atoms with Gasteiger partial charge < -0.3 is 5.32 Å². The number of carbonyl (C=O) groups is 1. The Labute approximate surface area is 114 Å². The third-order valence-corrected chi connectivity index (χ3v) is 3.82. The zero-order chi connectivity index (χ0) is 12.4. The summed E-state index contributed by atoms with van der Waals surface area (Å²) >= 11 is 3.46. The molecule has 6 heteroatoms. The van der Waals surface area contributed by atoms with Crippen LogP contribution in [0.4, 0.5) is 14.5 Å². The maximum absolute atomic E-state index is 13.3. The molecule has 0 aliphatic carbocycles. The van der Waals surface area contributed by atoms with Gasteiger partial charge in [0.1, 0.15) is 17.3 Å². The van der Waals surface area contributed by atoms with Crippen LogP contribution < -0.4 is 5.32 Å². The summed E-state index contributed by atoms with van der Waals surface area (Å²) in [6.45, 7) is 0. The number of amides is 1. The summed E-state index contributed by atoms with van der Waals surface area (Å²) < 4.78 is 27.5. The second kappa shape index (κ2) is 5.09. The summed E-state index contributed by atoms with van der Waals surface area (Å²) in [4.78, 5) is 11.7. The minimum Gasteiger partial charge on any atom is -0.317 e. The van der Waals surface area contributed by atoms with E-state index in [0.717, 1.165) is 15.0 Å². The Hall–Kier alpha value is -1.02. The molecule has 2 rings (SSSR count). The molecular formula is C11H6F2INOS. The van der Waals surface area contributed by atoms with Crippen LogP contribution in [0.15, 0.2) is 29.6 Å². The molecule has 0 saturated carbocycles. The third kappa shape index (κ3) is 2.81. The predicted octanol–water partition coefficient (Wildman–Crippen LogP) is 3.88. The molecule has 17 heavy (non-hydrogen) atoms. The van der Waals surface area contributed by atoms with Crippen molar-refractivity contribution in [2.75, 3.05) is 5.32 Å². The molecule has 0 aliphatic rings. The van der Waals surface area contributed by atoms with Gasteiger partial charge in [-0.05, 0) is 40.8 Å². The van der Waals surface area contributed by atoms with Crippen molar-refractivity contribution in [2.45, 2.75) is 0 Å². The van der Waals surface area contributed by atoms with E-state index in [9.17, 15) is 13.6 Å². The van der Waals surface area contributed by atoms with Gasteiger partial charge in [0.05, 0.1) is 8.45 Å². The van der Waals surface area contributed by atoms with Crippen LogP contribution in [0.1, 0.15) is 10.4 Å². The maximum atomic E-state index is 13.3. The average Bonchev–Trinajstić information content (AvgIpc) is 2.70. The van der Waals surface area contributed by atoms with Crippen molar-refractivity contribution in [3.05, 3.63) is 49.7 Å². The molecule has 0 aliphatic heterocycles. The van der Waals surface area contributed by atoms with Crippen LogP contribution in [-0.2, 0) is 0 Å². The van der Waals surface area contributed by atoms with Crippen LogP contribution in [0.25, 0.3) is 0 Å². The second-order valence-electron chi connectivity index (χ2n) is 3.19. The van der Waals surface area contributed by atoms with Gasteiger partial charge in [0.2, 0.25) is 0 Å². The molecule has 0 spiro atoms. The summed E-state index contributed by atoms with van der Waals surface area (Å²) in [6, 6.07) is 5.08. The monoisotopic (exact) mass is 365 g/mol. The highest BCUT2D eigenvalue weighted by atomic mass is 127. The molecule has 2 nitrogen and oxygen atoms in total. The topological polar surface area (TPSA) is 29.1 Å². The SMILES string of the molecule is O=C(Nc1c(F)cccc1F)c1csc(I)c1. The number of anilines is 1. The highest BCUT2D eigenvalue weighted by Crippen LogP contribution is 2.21. The van der Waals surface area contributed by atoms with Crippen molar-refractivity contribution >= 4 is 45.5 Å². The summed E-state index contributed by atoms with van der Waals surface area (Å²) in [7, 11) is 0. The van der Waals surface area contributed by atoms with Crippen molar-refractivity contribution < 1.29 is 13.6 Å². The molecule has 0 saturated heterocycles. The summed E-state index contributed by atoms with van der Waals surface area (Å²) in [5.74, 6) is -2.10. The number of nitrogens with one attached hydrogen (secondary N) is 1. The summed E-state index contributed by atoms with van der Waals surface area (Å²) in [6.07, 6.45) is 0. The standard InChI is InChI=1S/C11H6F2INOS/c12-7-2-1-3-8(13)10(7)15-11(16)6-4-9(14)17-5-6/h1-5H,(H,15,16). The Morgan fingerprint density at radius 2 is 1.94 bits per heavy atom. The van der Waals surface area contributed by atoms with Crippen molar-refractivity contribution in [3.63, 3.8) is 0 Å². The first-order valence-corrected chi connectivity index (χ1v) is 6.53. The Morgan fingerprint density at radius 3 is 2.47 bits per heavy atom. The fraction of sp³-hybridized carbons (Fsp3) is 0. The lowest BCUT2D eigenvalue weighted by Gasteiger charge is -2.05. The van der Waals surface area contributed by atoms with E-state index in [-0.39, 0.29) is 0 Å². The lowest BCUT2D eigenvalue weighted by atomic mass is 10.2. The van der Waals surface area contributed by atoms with Gasteiger partial charge in [-0.3, -0.25) is 4.79 Å². The zero-order valence-electron chi connectivity index (χ0n) is 8.34. The largest absolute Gasteiger partial charge is 0.317 e. The maximum Gasteiger partial charge on any atom is 0.256 e. The number of rotatable bonds is 2. The minimum absolute atomic E-state index is 0.391. The fourth-order valence-electron chi connectivity index (χ4n) is 1.23. The normalized spacial score (nSPS) is 10.3. The average molecular weight is 365 g/mol. The first-order chi connectivity index (χ1) is 8.08. The van der Waals surface area contributed by atoms with Gasteiger partial charge >= 0.3 is 0 Å². The van der Waals surface area contributed by atoms with Crippen LogP contribution in [0.3, 0.4) is 0 Å². The zero-order valence-corrected chi connectivity index (χ0v) is 11.3. The molecule has 1 aromatic carbocycles. The van der Waals surface area contributed by atoms with E-state index in [0.29, 0.717) is 5.56 Å². The Kier molecular flexibility index (Phi) is 3.72. The molecule has 0 atom stereocenters. The smallest absolute Gasteiger partial charge is 0.256 e. The first-order valence-electron chi connectivity index (χ1n) is 4.57. The Bertz CT molecular complexity index is 550. The molecule has 1 heterocycles. The Balaban J connectivity index is 2.24. The van der Waals surface area contributed by atoms with E-state index < -0.39 is 23.2 Å². The van der Waals surface area contributed by atoms with E-state index >= 15 is 0 Å². The molecule has 0 bridgehead atoms. The van der Waals surface area contributed by atoms with E-state index in [1.807, 2.05) is 0 Å².